The van der Waals surface area contributed by atoms with Gasteiger partial charge in [-0.15, -0.1) is 0 Å². The van der Waals surface area contributed by atoms with Gasteiger partial charge in [0.15, 0.2) is 0 Å². The number of para-hydroxylation sites is 1. The van der Waals surface area contributed by atoms with E-state index in [1.807, 2.05) is 19.1 Å². The molecule has 0 spiro atoms. The number of ether oxygens (including phenoxy) is 1. The Balaban J connectivity index is 3.05. The molecule has 1 aromatic carbocycles. The molecule has 0 bridgehead atoms. The minimum Gasteiger partial charge on any atom is -0.494 e. The minimum atomic E-state index is -1.09. The number of nitrogens with two attached hydrogens (primary N) is 1. The van der Waals surface area contributed by atoms with Crippen molar-refractivity contribution in [2.45, 2.75) is 19.4 Å². The van der Waals surface area contributed by atoms with Gasteiger partial charge in [-0.05, 0) is 25.4 Å². The molecule has 0 aliphatic rings. The second-order valence-electron chi connectivity index (χ2n) is 4.30. The summed E-state index contributed by atoms with van der Waals surface area (Å²) in [6, 6.07) is 7.22. The first-order valence-electron chi connectivity index (χ1n) is 6.34. The molecule has 0 aromatic heterocycles. The Morgan fingerprint density at radius 1 is 1.55 bits per heavy atom. The number of hydrogen-bond acceptors (Lipinski definition) is 4. The number of nitrogens with one attached hydrogen (secondary N) is 1. The van der Waals surface area contributed by atoms with Crippen molar-refractivity contribution in [2.24, 2.45) is 10.8 Å². The van der Waals surface area contributed by atoms with E-state index in [0.717, 1.165) is 0 Å². The lowest BCUT2D eigenvalue weighted by Gasteiger charge is -2.29. The Bertz CT molecular complexity index is 513. The molecule has 1 atom stereocenters. The van der Waals surface area contributed by atoms with Crippen molar-refractivity contribution in [2.75, 3.05) is 19.7 Å². The second-order valence-corrected chi connectivity index (χ2v) is 4.30. The molecule has 0 aliphatic carbocycles. The van der Waals surface area contributed by atoms with Crippen LogP contribution in [0, 0.1) is 0 Å². The van der Waals surface area contributed by atoms with Crippen LogP contribution in [0.25, 0.3) is 10.4 Å². The van der Waals surface area contributed by atoms with Crippen LogP contribution < -0.4 is 15.8 Å². The average molecular weight is 277 g/mol. The van der Waals surface area contributed by atoms with E-state index in [2.05, 4.69) is 15.3 Å². The fourth-order valence-electron chi connectivity index (χ4n) is 1.88. The summed E-state index contributed by atoms with van der Waals surface area (Å²) < 4.78 is 5.53. The van der Waals surface area contributed by atoms with Crippen molar-refractivity contribution in [3.8, 4) is 5.75 Å². The molecule has 20 heavy (non-hydrogen) atoms. The van der Waals surface area contributed by atoms with Crippen molar-refractivity contribution >= 4 is 5.91 Å². The van der Waals surface area contributed by atoms with Gasteiger partial charge in [-0.2, -0.15) is 0 Å². The van der Waals surface area contributed by atoms with Gasteiger partial charge in [-0.3, -0.25) is 10.1 Å². The lowest BCUT2D eigenvalue weighted by atomic mass is 9.90. The number of benzene rings is 1. The van der Waals surface area contributed by atoms with Gasteiger partial charge in [0, 0.05) is 23.6 Å². The molecule has 108 valence electrons. The summed E-state index contributed by atoms with van der Waals surface area (Å²) in [6.45, 7) is 4.61. The second kappa shape index (κ2) is 7.37. The van der Waals surface area contributed by atoms with Gasteiger partial charge in [0.05, 0.1) is 6.61 Å². The van der Waals surface area contributed by atoms with E-state index < -0.39 is 11.4 Å². The molecule has 0 saturated heterocycles. The molecule has 1 unspecified atom stereocenters. The van der Waals surface area contributed by atoms with Gasteiger partial charge in [-0.25, -0.2) is 0 Å². The quantitative estimate of drug-likeness (QED) is 0.326. The van der Waals surface area contributed by atoms with Crippen LogP contribution in [0.15, 0.2) is 29.4 Å². The van der Waals surface area contributed by atoms with Crippen LogP contribution in [-0.4, -0.2) is 25.6 Å². The summed E-state index contributed by atoms with van der Waals surface area (Å²) >= 11 is 0. The Labute approximate surface area is 117 Å². The summed E-state index contributed by atoms with van der Waals surface area (Å²) in [5, 5.41) is 6.45. The van der Waals surface area contributed by atoms with E-state index in [0.29, 0.717) is 24.5 Å². The van der Waals surface area contributed by atoms with Gasteiger partial charge in [0.25, 0.3) is 0 Å². The summed E-state index contributed by atoms with van der Waals surface area (Å²) in [4.78, 5) is 14.5. The third-order valence-corrected chi connectivity index (χ3v) is 2.97. The molecule has 0 fully saturated rings. The van der Waals surface area contributed by atoms with Crippen molar-refractivity contribution in [1.29, 1.82) is 0 Å². The molecule has 3 N–H and O–H groups in total. The van der Waals surface area contributed by atoms with E-state index in [9.17, 15) is 4.79 Å². The van der Waals surface area contributed by atoms with Gasteiger partial charge < -0.3 is 10.5 Å². The van der Waals surface area contributed by atoms with Gasteiger partial charge >= 0.3 is 0 Å². The first kappa shape index (κ1) is 15.8. The summed E-state index contributed by atoms with van der Waals surface area (Å²) in [7, 11) is 0. The zero-order chi connectivity index (χ0) is 15.0. The first-order chi connectivity index (χ1) is 9.56. The Morgan fingerprint density at radius 2 is 2.25 bits per heavy atom. The zero-order valence-electron chi connectivity index (χ0n) is 11.7. The van der Waals surface area contributed by atoms with Crippen LogP contribution in [-0.2, 0) is 10.3 Å². The van der Waals surface area contributed by atoms with Crippen molar-refractivity contribution in [3.05, 3.63) is 40.3 Å². The number of azide groups is 1. The maximum absolute atomic E-state index is 11.8. The molecule has 0 saturated carbocycles. The van der Waals surface area contributed by atoms with E-state index >= 15 is 0 Å². The van der Waals surface area contributed by atoms with Crippen molar-refractivity contribution < 1.29 is 9.53 Å². The monoisotopic (exact) mass is 277 g/mol. The zero-order valence-corrected chi connectivity index (χ0v) is 11.7. The number of hydrogen-bond donors (Lipinski definition) is 2. The van der Waals surface area contributed by atoms with Crippen LogP contribution in [0.5, 0.6) is 5.75 Å². The van der Waals surface area contributed by atoms with E-state index in [4.69, 9.17) is 16.0 Å². The average Bonchev–Trinajstić information content (AvgIpc) is 2.44. The van der Waals surface area contributed by atoms with E-state index in [1.165, 1.54) is 0 Å². The van der Waals surface area contributed by atoms with Gasteiger partial charge in [0.2, 0.25) is 5.91 Å². The standard InChI is InChI=1S/C13H19N5O2/c1-3-20-11-7-5-4-6-10(11)13(2,12(14)19)16-8-9-17-18-15/h4-7,16H,3,8-9H2,1-2H3,(H2,14,19). The predicted octanol–water partition coefficient (Wildman–Crippen LogP) is 1.69. The molecule has 0 radical (unpaired) electrons. The number of primary amides is 1. The molecular formula is C13H19N5O2. The van der Waals surface area contributed by atoms with E-state index in [-0.39, 0.29) is 6.54 Å². The van der Waals surface area contributed by atoms with Crippen LogP contribution in [0.2, 0.25) is 0 Å². The molecule has 0 heterocycles. The first-order valence-corrected chi connectivity index (χ1v) is 6.34. The van der Waals surface area contributed by atoms with Gasteiger partial charge in [-0.1, -0.05) is 23.3 Å². The number of carbonyl (C=O) groups is 1. The minimum absolute atomic E-state index is 0.232. The Hall–Kier alpha value is -2.24. The Morgan fingerprint density at radius 3 is 2.85 bits per heavy atom. The van der Waals surface area contributed by atoms with Gasteiger partial charge in [0.1, 0.15) is 11.3 Å². The van der Waals surface area contributed by atoms with Crippen LogP contribution in [0.1, 0.15) is 19.4 Å². The smallest absolute Gasteiger partial charge is 0.242 e. The largest absolute Gasteiger partial charge is 0.494 e. The molecular weight excluding hydrogens is 258 g/mol. The molecule has 1 rings (SSSR count). The number of nitrogens with zero attached hydrogens (tertiary/aromatic N) is 3. The lowest BCUT2D eigenvalue weighted by molar-refractivity contribution is -0.124. The molecule has 1 amide bonds. The third-order valence-electron chi connectivity index (χ3n) is 2.97. The highest BCUT2D eigenvalue weighted by Gasteiger charge is 2.35. The molecule has 1 aromatic rings. The fourth-order valence-corrected chi connectivity index (χ4v) is 1.88. The highest BCUT2D eigenvalue weighted by atomic mass is 16.5. The summed E-state index contributed by atoms with van der Waals surface area (Å²) in [6.07, 6.45) is 0. The molecule has 0 aliphatic heterocycles. The molecule has 7 heteroatoms. The highest BCUT2D eigenvalue weighted by molar-refractivity contribution is 5.86. The SMILES string of the molecule is CCOc1ccccc1C(C)(NCCN=[N+]=[N-])C(N)=O. The number of amides is 1. The molecule has 7 nitrogen and oxygen atoms in total. The van der Waals surface area contributed by atoms with Crippen molar-refractivity contribution in [1.82, 2.24) is 5.32 Å². The number of rotatable bonds is 8. The Kier molecular flexibility index (Phi) is 5.83. The summed E-state index contributed by atoms with van der Waals surface area (Å²) in [5.41, 5.74) is 13.4. The predicted molar refractivity (Wildman–Crippen MR) is 76.2 cm³/mol. The fraction of sp³-hybridized carbons (Fsp3) is 0.462. The highest BCUT2D eigenvalue weighted by Crippen LogP contribution is 2.29. The van der Waals surface area contributed by atoms with E-state index in [1.54, 1.807) is 19.1 Å². The van der Waals surface area contributed by atoms with Crippen molar-refractivity contribution in [3.63, 3.8) is 0 Å². The lowest BCUT2D eigenvalue weighted by Crippen LogP contribution is -2.51. The van der Waals surface area contributed by atoms with Crippen LogP contribution in [0.3, 0.4) is 0 Å². The maximum atomic E-state index is 11.8. The number of carbonyl (C=O) groups excluding carboxylic acids is 1. The third kappa shape index (κ3) is 3.63. The normalized spacial score (nSPS) is 13.1. The van der Waals surface area contributed by atoms with Crippen LogP contribution in [0.4, 0.5) is 0 Å². The topological polar surface area (TPSA) is 113 Å². The maximum Gasteiger partial charge on any atom is 0.242 e. The summed E-state index contributed by atoms with van der Waals surface area (Å²) in [5.74, 6) is 0.0816. The van der Waals surface area contributed by atoms with Crippen LogP contribution >= 0.6 is 0 Å².